The molecule has 0 aromatic carbocycles. The number of nitrogen functional groups attached to an aromatic ring is 1. The van der Waals surface area contributed by atoms with E-state index in [1.54, 1.807) is 6.92 Å². The van der Waals surface area contributed by atoms with Gasteiger partial charge in [0.1, 0.15) is 36.3 Å². The molecule has 24 nitrogen and oxygen atoms in total. The van der Waals surface area contributed by atoms with Crippen LogP contribution in [0.25, 0.3) is 11.2 Å². The van der Waals surface area contributed by atoms with Gasteiger partial charge in [0, 0.05) is 30.7 Å². The molecule has 3 heterocycles. The summed E-state index contributed by atoms with van der Waals surface area (Å²) in [7, 11) is -16.4. The number of phosphoric acid groups is 3. The molecule has 2 unspecified atom stereocenters. The minimum absolute atomic E-state index is 0.0293. The number of hydrogen-bond donors (Lipinski definition) is 9. The highest BCUT2D eigenvalue weighted by Gasteiger charge is 2.50. The summed E-state index contributed by atoms with van der Waals surface area (Å²) in [5.41, 5.74) is 4.71. The third-order valence-corrected chi connectivity index (χ3v) is 11.5. The predicted octanol–water partition coefficient (Wildman–Crippen LogP) is -0.369. The molecule has 304 valence electrons. The molecule has 28 heteroatoms. The summed E-state index contributed by atoms with van der Waals surface area (Å²) in [6.07, 6.45) is -6.42. The first-order valence-electron chi connectivity index (χ1n) is 15.7. The van der Waals surface area contributed by atoms with Crippen molar-refractivity contribution in [2.24, 2.45) is 5.41 Å². The number of aliphatic hydroxyl groups excluding tert-OH is 2. The first kappa shape index (κ1) is 45.7. The van der Waals surface area contributed by atoms with Gasteiger partial charge in [-0.15, -0.1) is 0 Å². The number of carbonyl (C=O) groups is 3. The summed E-state index contributed by atoms with van der Waals surface area (Å²) in [4.78, 5) is 87.1. The number of carbonyl (C=O) groups excluding carboxylic acids is 3. The minimum Gasteiger partial charge on any atom is -0.386 e. The van der Waals surface area contributed by atoms with E-state index in [2.05, 4.69) is 41.0 Å². The van der Waals surface area contributed by atoms with Gasteiger partial charge in [0.15, 0.2) is 17.7 Å². The number of phosphoric ester groups is 3. The molecule has 1 aliphatic rings. The second-order valence-electron chi connectivity index (χ2n) is 12.2. The maximum absolute atomic E-state index is 12.6. The fraction of sp³-hybridized carbons (Fsp3) is 0.615. The molecule has 0 aliphatic carbocycles. The van der Waals surface area contributed by atoms with E-state index in [0.29, 0.717) is 17.7 Å². The Balaban J connectivity index is 1.51. The second-order valence-corrected chi connectivity index (χ2v) is 17.5. The molecule has 2 amide bonds. The molecular weight excluding hydrogens is 807 g/mol. The van der Waals surface area contributed by atoms with Gasteiger partial charge in [-0.2, -0.15) is 4.31 Å². The highest BCUT2D eigenvalue weighted by atomic mass is 32.2. The van der Waals surface area contributed by atoms with Crippen LogP contribution in [0.3, 0.4) is 0 Å². The van der Waals surface area contributed by atoms with Crippen LogP contribution in [-0.4, -0.2) is 123 Å². The van der Waals surface area contributed by atoms with Gasteiger partial charge in [-0.25, -0.2) is 28.6 Å². The zero-order chi connectivity index (χ0) is 40.6. The summed E-state index contributed by atoms with van der Waals surface area (Å²) in [6, 6.07) is 0. The highest BCUT2D eigenvalue weighted by Crippen LogP contribution is 2.61. The number of thioether (sulfide) groups is 1. The largest absolute Gasteiger partial charge is 0.481 e. The summed E-state index contributed by atoms with van der Waals surface area (Å²) in [5, 5.41) is 26.1. The normalized spacial score (nSPS) is 21.9. The van der Waals surface area contributed by atoms with E-state index in [-0.39, 0.29) is 41.6 Å². The summed E-state index contributed by atoms with van der Waals surface area (Å²) >= 11 is 1.00. The van der Waals surface area contributed by atoms with E-state index in [9.17, 15) is 57.9 Å². The van der Waals surface area contributed by atoms with Crippen molar-refractivity contribution in [1.82, 2.24) is 30.2 Å². The Labute approximate surface area is 311 Å². The molecule has 0 radical (unpaired) electrons. The smallest absolute Gasteiger partial charge is 0.386 e. The van der Waals surface area contributed by atoms with Gasteiger partial charge in [-0.1, -0.05) is 39.1 Å². The number of nitrogens with one attached hydrogen (secondary N) is 2. The van der Waals surface area contributed by atoms with Gasteiger partial charge in [0.25, 0.3) is 0 Å². The Bertz CT molecular complexity index is 1830. The molecule has 10 N–H and O–H groups in total. The van der Waals surface area contributed by atoms with Gasteiger partial charge in [0.05, 0.1) is 19.5 Å². The molecule has 0 spiro atoms. The number of fused-ring (bicyclic) bond motifs is 1. The van der Waals surface area contributed by atoms with Gasteiger partial charge in [-0.05, 0) is 12.0 Å². The predicted molar refractivity (Wildman–Crippen MR) is 187 cm³/mol. The van der Waals surface area contributed by atoms with E-state index in [4.69, 9.17) is 19.5 Å². The molecule has 0 saturated carbocycles. The number of anilines is 1. The van der Waals surface area contributed by atoms with E-state index in [1.807, 2.05) is 0 Å². The van der Waals surface area contributed by atoms with Crippen LogP contribution in [-0.2, 0) is 50.7 Å². The fourth-order valence-electron chi connectivity index (χ4n) is 4.52. The lowest BCUT2D eigenvalue weighted by Crippen LogP contribution is -2.46. The quantitative estimate of drug-likeness (QED) is 0.0439. The Kier molecular flexibility index (Phi) is 16.0. The second kappa shape index (κ2) is 19.0. The number of rotatable bonds is 21. The number of aromatic nitrogens is 4. The Morgan fingerprint density at radius 2 is 1.76 bits per heavy atom. The third-order valence-electron chi connectivity index (χ3n) is 7.45. The van der Waals surface area contributed by atoms with Crippen LogP contribution < -0.4 is 16.4 Å². The molecule has 3 rings (SSSR count). The summed E-state index contributed by atoms with van der Waals surface area (Å²) in [6.45, 7) is 5.88. The standard InChI is InChI=1S/C26H42N7O17P3S/c1-5-14(2)25(38)54-9-8-28-16(34)6-7-29-23(37)20(36)26(3,4)11-47-53(44,45)50-52(42,43)46-10-15-19(49-51(39,40)41)18(35)24(48-15)33-13-32-17-21(27)30-12-31-22(17)33/h12-13,15,18-20,24,35-36H,2,5-11H2,1,3-4H3,(H,28,34)(H,29,37)(H,42,43)(H,44,45)(H2,27,30,31)(H2,39,40,41)/t15-,18-,19-,20+,24-/m1/s1. The van der Waals surface area contributed by atoms with E-state index in [0.717, 1.165) is 29.0 Å². The lowest BCUT2D eigenvalue weighted by atomic mass is 9.87. The fourth-order valence-corrected chi connectivity index (χ4v) is 8.09. The van der Waals surface area contributed by atoms with Crippen molar-refractivity contribution >= 4 is 69.1 Å². The maximum atomic E-state index is 12.6. The molecule has 1 saturated heterocycles. The van der Waals surface area contributed by atoms with Gasteiger partial charge >= 0.3 is 23.5 Å². The number of nitrogens with two attached hydrogens (primary N) is 1. The van der Waals surface area contributed by atoms with E-state index < -0.39 is 84.6 Å². The van der Waals surface area contributed by atoms with Crippen molar-refractivity contribution in [3.63, 3.8) is 0 Å². The highest BCUT2D eigenvalue weighted by molar-refractivity contribution is 8.14. The average Bonchev–Trinajstić information content (AvgIpc) is 3.64. The molecule has 1 fully saturated rings. The molecule has 2 aromatic heterocycles. The lowest BCUT2D eigenvalue weighted by Gasteiger charge is -2.30. The Morgan fingerprint density at radius 1 is 1.09 bits per heavy atom. The molecular formula is C26H42N7O17P3S. The van der Waals surface area contributed by atoms with Crippen LogP contribution in [0.15, 0.2) is 24.8 Å². The lowest BCUT2D eigenvalue weighted by molar-refractivity contribution is -0.137. The number of imidazole rings is 1. The number of aliphatic hydroxyl groups is 2. The molecule has 2 aromatic rings. The summed E-state index contributed by atoms with van der Waals surface area (Å²) < 4.78 is 62.0. The average molecular weight is 850 g/mol. The van der Waals surface area contributed by atoms with Crippen LogP contribution in [0.4, 0.5) is 5.82 Å². The third kappa shape index (κ3) is 13.2. The Morgan fingerprint density at radius 3 is 2.41 bits per heavy atom. The van der Waals surface area contributed by atoms with Crippen molar-refractivity contribution in [1.29, 1.82) is 0 Å². The number of ether oxygens (including phenoxy) is 1. The maximum Gasteiger partial charge on any atom is 0.481 e. The van der Waals surface area contributed by atoms with Gasteiger partial charge in [0.2, 0.25) is 16.9 Å². The monoisotopic (exact) mass is 849 g/mol. The number of nitrogens with zero attached hydrogens (tertiary/aromatic N) is 4. The molecule has 1 aliphatic heterocycles. The first-order chi connectivity index (χ1) is 25.0. The molecule has 7 atom stereocenters. The number of hydrogen-bond acceptors (Lipinski definition) is 18. The van der Waals surface area contributed by atoms with Crippen molar-refractivity contribution in [3.05, 3.63) is 24.8 Å². The zero-order valence-electron chi connectivity index (χ0n) is 29.0. The van der Waals surface area contributed by atoms with Crippen LogP contribution in [0, 0.1) is 5.41 Å². The van der Waals surface area contributed by atoms with Crippen molar-refractivity contribution < 1.29 is 80.5 Å². The van der Waals surface area contributed by atoms with E-state index >= 15 is 0 Å². The van der Waals surface area contributed by atoms with Crippen molar-refractivity contribution in [3.8, 4) is 0 Å². The van der Waals surface area contributed by atoms with Crippen LogP contribution in [0.1, 0.15) is 39.8 Å². The van der Waals surface area contributed by atoms with Crippen LogP contribution in [0.2, 0.25) is 0 Å². The molecule has 54 heavy (non-hydrogen) atoms. The van der Waals surface area contributed by atoms with Gasteiger partial charge < -0.3 is 50.9 Å². The van der Waals surface area contributed by atoms with Crippen molar-refractivity contribution in [2.45, 2.75) is 64.3 Å². The van der Waals surface area contributed by atoms with Gasteiger partial charge in [-0.3, -0.25) is 32.5 Å². The summed E-state index contributed by atoms with van der Waals surface area (Å²) in [5.74, 6) is -1.16. The van der Waals surface area contributed by atoms with Crippen LogP contribution in [0.5, 0.6) is 0 Å². The topological polar surface area (TPSA) is 364 Å². The Hall–Kier alpha value is -2.70. The van der Waals surface area contributed by atoms with Crippen molar-refractivity contribution in [2.75, 3.05) is 37.8 Å². The van der Waals surface area contributed by atoms with E-state index in [1.165, 1.54) is 13.8 Å². The SMILES string of the molecule is C=C(CC)C(=O)SCCNC(=O)CCNC(=O)[C@H](O)C(C)(C)COP(=O)(O)OP(=O)(O)OC[C@H]1O[C@@H](n2cnc3c(N)ncnc32)[C@H](O)[C@@H]1OP(=O)(O)O. The number of amides is 2. The zero-order valence-corrected chi connectivity index (χ0v) is 32.5. The molecule has 0 bridgehead atoms. The van der Waals surface area contributed by atoms with Crippen LogP contribution >= 0.6 is 35.2 Å². The first-order valence-corrected chi connectivity index (χ1v) is 21.2. The minimum atomic E-state index is -5.57.